The van der Waals surface area contributed by atoms with Crippen LogP contribution < -0.4 is 5.32 Å². The van der Waals surface area contributed by atoms with Crippen molar-refractivity contribution in [2.45, 2.75) is 59.0 Å². The van der Waals surface area contributed by atoms with Crippen molar-refractivity contribution in [2.75, 3.05) is 19.7 Å². The fourth-order valence-corrected chi connectivity index (χ4v) is 1.80. The Balaban J connectivity index is 2.09. The number of hydrogen-bond donors (Lipinski definition) is 1. The minimum Gasteiger partial charge on any atom is -0.376 e. The van der Waals surface area contributed by atoms with Gasteiger partial charge in [-0.3, -0.25) is 0 Å². The zero-order valence-corrected chi connectivity index (χ0v) is 10.9. The molecule has 1 aliphatic carbocycles. The Morgan fingerprint density at radius 2 is 1.93 bits per heavy atom. The molecule has 0 bridgehead atoms. The third-order valence-electron chi connectivity index (χ3n) is 3.05. The summed E-state index contributed by atoms with van der Waals surface area (Å²) in [5.74, 6) is 0. The molecule has 0 radical (unpaired) electrons. The van der Waals surface area contributed by atoms with Crippen molar-refractivity contribution in [1.82, 2.24) is 5.32 Å². The fourth-order valence-electron chi connectivity index (χ4n) is 1.80. The Kier molecular flexibility index (Phi) is 4.60. The minimum absolute atomic E-state index is 0.0208. The largest absolute Gasteiger partial charge is 0.376 e. The number of hydrogen-bond acceptors (Lipinski definition) is 2. The first-order valence-corrected chi connectivity index (χ1v) is 6.32. The second-order valence-corrected chi connectivity index (χ2v) is 5.89. The van der Waals surface area contributed by atoms with E-state index in [0.717, 1.165) is 13.2 Å². The van der Waals surface area contributed by atoms with E-state index in [4.69, 9.17) is 4.74 Å². The van der Waals surface area contributed by atoms with E-state index in [9.17, 15) is 0 Å². The van der Waals surface area contributed by atoms with Gasteiger partial charge in [-0.15, -0.1) is 0 Å². The van der Waals surface area contributed by atoms with Crippen molar-refractivity contribution in [1.29, 1.82) is 0 Å². The smallest absolute Gasteiger partial charge is 0.0598 e. The predicted octanol–water partition coefficient (Wildman–Crippen LogP) is 2.97. The molecule has 90 valence electrons. The standard InChI is InChI=1S/C13H27NO/c1-5-9-14-11-13(6-7-13)8-10-15-12(2,3)4/h14H,5-11H2,1-4H3. The normalized spacial score (nSPS) is 19.2. The lowest BCUT2D eigenvalue weighted by molar-refractivity contribution is -0.0107. The van der Waals surface area contributed by atoms with Crippen LogP contribution in [-0.4, -0.2) is 25.3 Å². The molecular formula is C13H27NO. The van der Waals surface area contributed by atoms with Gasteiger partial charge in [0.25, 0.3) is 0 Å². The van der Waals surface area contributed by atoms with Crippen LogP contribution >= 0.6 is 0 Å². The molecule has 0 aromatic rings. The highest BCUT2D eigenvalue weighted by atomic mass is 16.5. The van der Waals surface area contributed by atoms with E-state index in [0.29, 0.717) is 5.41 Å². The number of rotatable bonds is 7. The van der Waals surface area contributed by atoms with Crippen molar-refractivity contribution >= 4 is 0 Å². The highest BCUT2D eigenvalue weighted by Gasteiger charge is 2.41. The summed E-state index contributed by atoms with van der Waals surface area (Å²) in [7, 11) is 0. The predicted molar refractivity (Wildman–Crippen MR) is 65.1 cm³/mol. The molecule has 2 heteroatoms. The lowest BCUT2D eigenvalue weighted by Gasteiger charge is -2.22. The van der Waals surface area contributed by atoms with Crippen LogP contribution in [0, 0.1) is 5.41 Å². The zero-order valence-electron chi connectivity index (χ0n) is 10.9. The molecule has 1 N–H and O–H groups in total. The lowest BCUT2D eigenvalue weighted by Crippen LogP contribution is -2.27. The van der Waals surface area contributed by atoms with Gasteiger partial charge in [0, 0.05) is 13.2 Å². The van der Waals surface area contributed by atoms with E-state index < -0.39 is 0 Å². The molecule has 0 atom stereocenters. The summed E-state index contributed by atoms with van der Waals surface area (Å²) in [5.41, 5.74) is 0.605. The van der Waals surface area contributed by atoms with Gasteiger partial charge in [-0.25, -0.2) is 0 Å². The molecule has 1 fully saturated rings. The first-order valence-electron chi connectivity index (χ1n) is 6.32. The van der Waals surface area contributed by atoms with E-state index >= 15 is 0 Å². The van der Waals surface area contributed by atoms with Gasteiger partial charge < -0.3 is 10.1 Å². The summed E-state index contributed by atoms with van der Waals surface area (Å²) in [6, 6.07) is 0. The van der Waals surface area contributed by atoms with Gasteiger partial charge in [0.05, 0.1) is 5.60 Å². The Hall–Kier alpha value is -0.0800. The summed E-state index contributed by atoms with van der Waals surface area (Å²) in [4.78, 5) is 0. The van der Waals surface area contributed by atoms with E-state index in [2.05, 4.69) is 33.0 Å². The van der Waals surface area contributed by atoms with Crippen molar-refractivity contribution in [3.8, 4) is 0 Å². The van der Waals surface area contributed by atoms with Crippen molar-refractivity contribution in [3.63, 3.8) is 0 Å². The molecular weight excluding hydrogens is 186 g/mol. The van der Waals surface area contributed by atoms with Gasteiger partial charge in [-0.1, -0.05) is 6.92 Å². The van der Waals surface area contributed by atoms with Crippen LogP contribution in [0.15, 0.2) is 0 Å². The topological polar surface area (TPSA) is 21.3 Å². The Labute approximate surface area is 94.8 Å². The summed E-state index contributed by atoms with van der Waals surface area (Å²) in [6.45, 7) is 11.9. The second kappa shape index (κ2) is 5.31. The lowest BCUT2D eigenvalue weighted by atomic mass is 10.0. The van der Waals surface area contributed by atoms with Gasteiger partial charge in [-0.2, -0.15) is 0 Å². The molecule has 0 aromatic heterocycles. The van der Waals surface area contributed by atoms with Crippen molar-refractivity contribution in [3.05, 3.63) is 0 Å². The van der Waals surface area contributed by atoms with Gasteiger partial charge in [0.2, 0.25) is 0 Å². The van der Waals surface area contributed by atoms with Crippen LogP contribution in [-0.2, 0) is 4.74 Å². The minimum atomic E-state index is 0.0208. The van der Waals surface area contributed by atoms with Gasteiger partial charge in [0.15, 0.2) is 0 Å². The van der Waals surface area contributed by atoms with Gasteiger partial charge >= 0.3 is 0 Å². The molecule has 2 nitrogen and oxygen atoms in total. The second-order valence-electron chi connectivity index (χ2n) is 5.89. The first-order chi connectivity index (χ1) is 6.97. The molecule has 1 saturated carbocycles. The molecule has 1 rings (SSSR count). The zero-order chi connectivity index (χ0) is 11.4. The van der Waals surface area contributed by atoms with Crippen molar-refractivity contribution < 1.29 is 4.74 Å². The van der Waals surface area contributed by atoms with Crippen LogP contribution in [0.1, 0.15) is 53.4 Å². The van der Waals surface area contributed by atoms with Crippen LogP contribution in [0.3, 0.4) is 0 Å². The highest BCUT2D eigenvalue weighted by molar-refractivity contribution is 4.94. The van der Waals surface area contributed by atoms with E-state index in [1.54, 1.807) is 0 Å². The highest BCUT2D eigenvalue weighted by Crippen LogP contribution is 2.48. The van der Waals surface area contributed by atoms with E-state index in [1.165, 1.54) is 32.2 Å². The average Bonchev–Trinajstić information content (AvgIpc) is 2.84. The van der Waals surface area contributed by atoms with Gasteiger partial charge in [0.1, 0.15) is 0 Å². The van der Waals surface area contributed by atoms with E-state index in [1.807, 2.05) is 0 Å². The molecule has 15 heavy (non-hydrogen) atoms. The maximum absolute atomic E-state index is 5.78. The molecule has 0 unspecified atom stereocenters. The van der Waals surface area contributed by atoms with Gasteiger partial charge in [-0.05, 0) is 58.4 Å². The average molecular weight is 213 g/mol. The maximum atomic E-state index is 5.78. The Bertz CT molecular complexity index is 179. The Morgan fingerprint density at radius 1 is 1.27 bits per heavy atom. The third-order valence-corrected chi connectivity index (χ3v) is 3.05. The maximum Gasteiger partial charge on any atom is 0.0598 e. The SMILES string of the molecule is CCCNCC1(CCOC(C)(C)C)CC1. The summed E-state index contributed by atoms with van der Waals surface area (Å²) in [6.07, 6.45) is 5.23. The number of nitrogens with one attached hydrogen (secondary N) is 1. The van der Waals surface area contributed by atoms with Crippen molar-refractivity contribution in [2.24, 2.45) is 5.41 Å². The molecule has 1 aliphatic rings. The summed E-state index contributed by atoms with van der Waals surface area (Å²) >= 11 is 0. The molecule has 0 aliphatic heterocycles. The molecule has 0 amide bonds. The summed E-state index contributed by atoms with van der Waals surface area (Å²) in [5, 5.41) is 3.53. The van der Waals surface area contributed by atoms with Crippen LogP contribution in [0.25, 0.3) is 0 Å². The fraction of sp³-hybridized carbons (Fsp3) is 1.00. The molecule has 0 spiro atoms. The number of ether oxygens (including phenoxy) is 1. The van der Waals surface area contributed by atoms with Crippen LogP contribution in [0.2, 0.25) is 0 Å². The Morgan fingerprint density at radius 3 is 2.40 bits per heavy atom. The van der Waals surface area contributed by atoms with Crippen LogP contribution in [0.4, 0.5) is 0 Å². The quantitative estimate of drug-likeness (QED) is 0.656. The molecule has 0 aromatic carbocycles. The first kappa shape index (κ1) is 13.0. The molecule has 0 saturated heterocycles. The molecule has 0 heterocycles. The third kappa shape index (κ3) is 5.53. The van der Waals surface area contributed by atoms with E-state index in [-0.39, 0.29) is 5.60 Å². The monoisotopic (exact) mass is 213 g/mol. The summed E-state index contributed by atoms with van der Waals surface area (Å²) < 4.78 is 5.78. The van der Waals surface area contributed by atoms with Crippen LogP contribution in [0.5, 0.6) is 0 Å².